The molecule has 2 N–H and O–H groups in total. The van der Waals surface area contributed by atoms with Gasteiger partial charge in [-0.05, 0) is 52.7 Å². The Morgan fingerprint density at radius 3 is 2.68 bits per heavy atom. The lowest BCUT2D eigenvalue weighted by Gasteiger charge is -2.07. The van der Waals surface area contributed by atoms with Crippen LogP contribution in [0.3, 0.4) is 0 Å². The maximum atomic E-state index is 12.0. The van der Waals surface area contributed by atoms with Gasteiger partial charge in [-0.1, -0.05) is 19.4 Å². The lowest BCUT2D eigenvalue weighted by Crippen LogP contribution is -2.24. The molecule has 2 aromatic rings. The van der Waals surface area contributed by atoms with Crippen LogP contribution >= 0.6 is 15.9 Å². The average Bonchev–Trinajstić information content (AvgIpc) is 2.94. The van der Waals surface area contributed by atoms with Crippen LogP contribution in [0.15, 0.2) is 45.5 Å². The summed E-state index contributed by atoms with van der Waals surface area (Å²) in [5.74, 6) is -0.316. The molecule has 0 saturated heterocycles. The normalized spacial score (nSPS) is 10.3. The summed E-state index contributed by atoms with van der Waals surface area (Å²) in [6, 6.07) is 10.0. The summed E-state index contributed by atoms with van der Waals surface area (Å²) in [4.78, 5) is 24.0. The number of rotatable bonds is 6. The Labute approximate surface area is 137 Å². The van der Waals surface area contributed by atoms with Gasteiger partial charge in [0.1, 0.15) is 0 Å². The summed E-state index contributed by atoms with van der Waals surface area (Å²) >= 11 is 3.15. The van der Waals surface area contributed by atoms with Crippen molar-refractivity contribution >= 4 is 33.4 Å². The minimum Gasteiger partial charge on any atom is -0.444 e. The number of carbonyl (C=O) groups excluding carboxylic acids is 2. The Morgan fingerprint density at radius 2 is 2.00 bits per heavy atom. The highest BCUT2D eigenvalue weighted by atomic mass is 79.9. The van der Waals surface area contributed by atoms with Gasteiger partial charge in [0.05, 0.1) is 0 Å². The molecule has 0 aliphatic carbocycles. The first-order chi connectivity index (χ1) is 10.6. The van der Waals surface area contributed by atoms with Gasteiger partial charge in [-0.25, -0.2) is 0 Å². The van der Waals surface area contributed by atoms with E-state index >= 15 is 0 Å². The van der Waals surface area contributed by atoms with Crippen LogP contribution in [0.25, 0.3) is 0 Å². The fourth-order valence-electron chi connectivity index (χ4n) is 1.85. The van der Waals surface area contributed by atoms with E-state index in [9.17, 15) is 9.59 Å². The van der Waals surface area contributed by atoms with Gasteiger partial charge in [-0.2, -0.15) is 0 Å². The van der Waals surface area contributed by atoms with E-state index < -0.39 is 0 Å². The van der Waals surface area contributed by atoms with Crippen molar-refractivity contribution in [3.63, 3.8) is 0 Å². The van der Waals surface area contributed by atoms with Crippen molar-refractivity contribution in [3.8, 4) is 0 Å². The lowest BCUT2D eigenvalue weighted by molar-refractivity contribution is 0.0951. The maximum absolute atomic E-state index is 12.0. The van der Waals surface area contributed by atoms with Crippen molar-refractivity contribution in [2.24, 2.45) is 0 Å². The minimum absolute atomic E-state index is 0.148. The Kier molecular flexibility index (Phi) is 5.77. The van der Waals surface area contributed by atoms with E-state index in [4.69, 9.17) is 4.42 Å². The number of nitrogens with one attached hydrogen (secondary N) is 2. The Bertz CT molecular complexity index is 667. The molecule has 0 aliphatic rings. The number of halogens is 1. The summed E-state index contributed by atoms with van der Waals surface area (Å²) in [5, 5.41) is 5.54. The van der Waals surface area contributed by atoms with Crippen LogP contribution in [0.2, 0.25) is 0 Å². The van der Waals surface area contributed by atoms with Gasteiger partial charge in [-0.3, -0.25) is 9.59 Å². The van der Waals surface area contributed by atoms with Gasteiger partial charge in [0.15, 0.2) is 10.4 Å². The second-order valence-electron chi connectivity index (χ2n) is 4.75. The highest BCUT2D eigenvalue weighted by Gasteiger charge is 2.12. The molecule has 2 rings (SSSR count). The van der Waals surface area contributed by atoms with Crippen molar-refractivity contribution in [2.75, 3.05) is 11.9 Å². The molecular weight excluding hydrogens is 348 g/mol. The van der Waals surface area contributed by atoms with Gasteiger partial charge in [0, 0.05) is 17.8 Å². The van der Waals surface area contributed by atoms with E-state index in [1.807, 2.05) is 0 Å². The van der Waals surface area contributed by atoms with E-state index in [0.717, 1.165) is 12.8 Å². The molecule has 0 aliphatic heterocycles. The standard InChI is InChI=1S/C16H17BrN2O3/c1-2-3-9-18-15(20)11-5-4-6-12(10-11)19-16(21)13-7-8-14(17)22-13/h4-8,10H,2-3,9H2,1H3,(H,18,20)(H,19,21). The topological polar surface area (TPSA) is 71.3 Å². The van der Waals surface area contributed by atoms with E-state index in [2.05, 4.69) is 33.5 Å². The minimum atomic E-state index is -0.366. The predicted molar refractivity (Wildman–Crippen MR) is 88.0 cm³/mol. The number of hydrogen-bond acceptors (Lipinski definition) is 3. The highest BCUT2D eigenvalue weighted by Crippen LogP contribution is 2.17. The molecule has 1 aromatic heterocycles. The summed E-state index contributed by atoms with van der Waals surface area (Å²) in [6.45, 7) is 2.71. The molecule has 22 heavy (non-hydrogen) atoms. The molecule has 6 heteroatoms. The van der Waals surface area contributed by atoms with Crippen molar-refractivity contribution in [3.05, 3.63) is 52.4 Å². The molecule has 0 saturated carbocycles. The van der Waals surface area contributed by atoms with Crippen LogP contribution in [0.5, 0.6) is 0 Å². The molecule has 0 unspecified atom stereocenters. The third-order valence-corrected chi connectivity index (χ3v) is 3.42. The predicted octanol–water partition coefficient (Wildman–Crippen LogP) is 3.82. The van der Waals surface area contributed by atoms with Gasteiger partial charge in [-0.15, -0.1) is 0 Å². The first kappa shape index (κ1) is 16.3. The second-order valence-corrected chi connectivity index (χ2v) is 5.53. The van der Waals surface area contributed by atoms with Crippen molar-refractivity contribution in [1.82, 2.24) is 5.32 Å². The molecule has 0 bridgehead atoms. The number of unbranched alkanes of at least 4 members (excludes halogenated alkanes) is 1. The smallest absolute Gasteiger partial charge is 0.291 e. The van der Waals surface area contributed by atoms with Crippen LogP contribution in [0, 0.1) is 0 Å². The summed E-state index contributed by atoms with van der Waals surface area (Å²) < 4.78 is 5.67. The van der Waals surface area contributed by atoms with Gasteiger partial charge in [0.2, 0.25) is 0 Å². The average molecular weight is 365 g/mol. The van der Waals surface area contributed by atoms with Gasteiger partial charge in [0.25, 0.3) is 11.8 Å². The first-order valence-electron chi connectivity index (χ1n) is 7.05. The largest absolute Gasteiger partial charge is 0.444 e. The van der Waals surface area contributed by atoms with E-state index in [-0.39, 0.29) is 17.6 Å². The zero-order valence-electron chi connectivity index (χ0n) is 12.2. The van der Waals surface area contributed by atoms with Crippen LogP contribution in [0.1, 0.15) is 40.7 Å². The summed E-state index contributed by atoms with van der Waals surface area (Å²) in [5.41, 5.74) is 1.05. The maximum Gasteiger partial charge on any atom is 0.291 e. The van der Waals surface area contributed by atoms with Gasteiger partial charge >= 0.3 is 0 Å². The fourth-order valence-corrected chi connectivity index (χ4v) is 2.15. The van der Waals surface area contributed by atoms with Crippen LogP contribution in [-0.2, 0) is 0 Å². The van der Waals surface area contributed by atoms with E-state index in [1.54, 1.807) is 36.4 Å². The summed E-state index contributed by atoms with van der Waals surface area (Å²) in [6.07, 6.45) is 1.96. The molecule has 0 fully saturated rings. The number of anilines is 1. The number of benzene rings is 1. The lowest BCUT2D eigenvalue weighted by atomic mass is 10.2. The van der Waals surface area contributed by atoms with Crippen LogP contribution < -0.4 is 10.6 Å². The third-order valence-electron chi connectivity index (χ3n) is 3.00. The van der Waals surface area contributed by atoms with E-state index in [0.29, 0.717) is 22.5 Å². The molecule has 116 valence electrons. The van der Waals surface area contributed by atoms with Crippen molar-refractivity contribution < 1.29 is 14.0 Å². The molecule has 5 nitrogen and oxygen atoms in total. The molecule has 0 atom stereocenters. The fraction of sp³-hybridized carbons (Fsp3) is 0.250. The number of carbonyl (C=O) groups is 2. The quantitative estimate of drug-likeness (QED) is 0.765. The molecule has 1 heterocycles. The Hall–Kier alpha value is -2.08. The van der Waals surface area contributed by atoms with Crippen molar-refractivity contribution in [1.29, 1.82) is 0 Å². The summed E-state index contributed by atoms with van der Waals surface area (Å²) in [7, 11) is 0. The molecule has 1 aromatic carbocycles. The highest BCUT2D eigenvalue weighted by molar-refractivity contribution is 9.10. The molecule has 0 spiro atoms. The number of amides is 2. The van der Waals surface area contributed by atoms with Crippen LogP contribution in [0.4, 0.5) is 5.69 Å². The molecule has 2 amide bonds. The van der Waals surface area contributed by atoms with E-state index in [1.165, 1.54) is 0 Å². The Morgan fingerprint density at radius 1 is 1.18 bits per heavy atom. The van der Waals surface area contributed by atoms with Crippen molar-refractivity contribution in [2.45, 2.75) is 19.8 Å². The molecular formula is C16H17BrN2O3. The Balaban J connectivity index is 2.02. The first-order valence-corrected chi connectivity index (χ1v) is 7.84. The van der Waals surface area contributed by atoms with Gasteiger partial charge < -0.3 is 15.1 Å². The zero-order valence-corrected chi connectivity index (χ0v) is 13.8. The van der Waals surface area contributed by atoms with Crippen LogP contribution in [-0.4, -0.2) is 18.4 Å². The number of furan rings is 1. The zero-order chi connectivity index (χ0) is 15.9. The monoisotopic (exact) mass is 364 g/mol. The third kappa shape index (κ3) is 4.46. The molecule has 0 radical (unpaired) electrons. The SMILES string of the molecule is CCCCNC(=O)c1cccc(NC(=O)c2ccc(Br)o2)c1. The number of hydrogen-bond donors (Lipinski definition) is 2. The second kappa shape index (κ2) is 7.79.